The van der Waals surface area contributed by atoms with Crippen molar-refractivity contribution in [3.8, 4) is 5.75 Å². The minimum absolute atomic E-state index is 0.196. The fourth-order valence-electron chi connectivity index (χ4n) is 2.60. The average molecular weight is 359 g/mol. The number of ether oxygens (including phenoxy) is 1. The van der Waals surface area contributed by atoms with Gasteiger partial charge in [-0.3, -0.25) is 4.79 Å². The zero-order chi connectivity index (χ0) is 17.1. The second-order valence-corrected chi connectivity index (χ2v) is 6.63. The van der Waals surface area contributed by atoms with E-state index in [-0.39, 0.29) is 11.9 Å². The van der Waals surface area contributed by atoms with Gasteiger partial charge >= 0.3 is 0 Å². The second-order valence-electron chi connectivity index (χ2n) is 5.24. The van der Waals surface area contributed by atoms with E-state index < -0.39 is 0 Å². The molecule has 0 bridgehead atoms. The van der Waals surface area contributed by atoms with Gasteiger partial charge in [0.05, 0.1) is 24.4 Å². The summed E-state index contributed by atoms with van der Waals surface area (Å²) in [5.74, 6) is 0.418. The quantitative estimate of drug-likeness (QED) is 0.732. The van der Waals surface area contributed by atoms with E-state index >= 15 is 0 Å². The first-order valence-corrected chi connectivity index (χ1v) is 8.65. The topological polar surface area (TPSA) is 62.4 Å². The number of hydrogen-bond donors (Lipinski definition) is 3. The maximum atomic E-state index is 12.9. The van der Waals surface area contributed by atoms with Gasteiger partial charge in [0.2, 0.25) is 0 Å². The van der Waals surface area contributed by atoms with Gasteiger partial charge in [-0.05, 0) is 42.7 Å². The lowest BCUT2D eigenvalue weighted by atomic mass is 10.0. The van der Waals surface area contributed by atoms with Gasteiger partial charge in [-0.1, -0.05) is 18.2 Å². The zero-order valence-corrected chi connectivity index (χ0v) is 14.9. The monoisotopic (exact) mass is 359 g/mol. The molecule has 1 aliphatic heterocycles. The lowest BCUT2D eigenvalue weighted by molar-refractivity contribution is -0.113. The van der Waals surface area contributed by atoms with Gasteiger partial charge in [0, 0.05) is 10.6 Å². The number of carbonyl (C=O) groups excluding carboxylic acids is 1. The summed E-state index contributed by atoms with van der Waals surface area (Å²) in [5, 5.41) is 11.6. The highest BCUT2D eigenvalue weighted by atomic mass is 32.1. The molecular weight excluding hydrogens is 342 g/mol. The molecule has 1 aromatic heterocycles. The van der Waals surface area contributed by atoms with Crippen LogP contribution >= 0.6 is 23.6 Å². The molecule has 1 atom stereocenters. The van der Waals surface area contributed by atoms with Crippen molar-refractivity contribution in [3.05, 3.63) is 57.9 Å². The maximum absolute atomic E-state index is 12.9. The Morgan fingerprint density at radius 2 is 2.08 bits per heavy atom. The summed E-state index contributed by atoms with van der Waals surface area (Å²) < 4.78 is 5.30. The van der Waals surface area contributed by atoms with Crippen LogP contribution in [0.4, 0.5) is 5.69 Å². The first kappa shape index (κ1) is 16.5. The molecule has 3 N–H and O–H groups in total. The predicted molar refractivity (Wildman–Crippen MR) is 100 cm³/mol. The molecule has 0 saturated heterocycles. The molecule has 1 aromatic carbocycles. The molecule has 124 valence electrons. The third kappa shape index (κ3) is 3.27. The van der Waals surface area contributed by atoms with E-state index in [0.29, 0.717) is 22.1 Å². The lowest BCUT2D eigenvalue weighted by Gasteiger charge is -2.29. The lowest BCUT2D eigenvalue weighted by Crippen LogP contribution is -2.45. The molecule has 1 aliphatic rings. The summed E-state index contributed by atoms with van der Waals surface area (Å²) >= 11 is 6.82. The molecule has 2 heterocycles. The van der Waals surface area contributed by atoms with Crippen LogP contribution in [0.3, 0.4) is 0 Å². The van der Waals surface area contributed by atoms with Crippen molar-refractivity contribution in [2.24, 2.45) is 0 Å². The standard InChI is InChI=1S/C17H17N3O2S2/c1-10-14(15(20-17(23)18-10)13-8-5-9-24-13)16(21)19-11-6-3-4-7-12(11)22-2/h3-9,15H,1-2H3,(H,19,21)(H2,18,20,23)/t15-/m1/s1. The van der Waals surface area contributed by atoms with Crippen molar-refractivity contribution in [1.82, 2.24) is 10.6 Å². The first-order chi connectivity index (χ1) is 11.6. The van der Waals surface area contributed by atoms with E-state index in [1.807, 2.05) is 36.6 Å². The zero-order valence-electron chi connectivity index (χ0n) is 13.3. The maximum Gasteiger partial charge on any atom is 0.255 e. The van der Waals surface area contributed by atoms with Crippen molar-refractivity contribution in [2.75, 3.05) is 12.4 Å². The number of allylic oxidation sites excluding steroid dienone is 1. The van der Waals surface area contributed by atoms with E-state index in [4.69, 9.17) is 17.0 Å². The van der Waals surface area contributed by atoms with Crippen molar-refractivity contribution < 1.29 is 9.53 Å². The second kappa shape index (κ2) is 7.02. The third-order valence-corrected chi connectivity index (χ3v) is 4.85. The van der Waals surface area contributed by atoms with Crippen LogP contribution in [0.25, 0.3) is 0 Å². The van der Waals surface area contributed by atoms with Crippen molar-refractivity contribution in [3.63, 3.8) is 0 Å². The van der Waals surface area contributed by atoms with Crippen molar-refractivity contribution in [2.45, 2.75) is 13.0 Å². The number of anilines is 1. The SMILES string of the molecule is COc1ccccc1NC(=O)C1=C(C)NC(=S)N[C@@H]1c1cccs1. The Balaban J connectivity index is 1.93. The van der Waals surface area contributed by atoms with E-state index in [9.17, 15) is 4.79 Å². The number of carbonyl (C=O) groups is 1. The number of thiocarbonyl (C=S) groups is 1. The van der Waals surface area contributed by atoms with Crippen LogP contribution in [0, 0.1) is 0 Å². The number of benzene rings is 1. The molecule has 5 nitrogen and oxygen atoms in total. The van der Waals surface area contributed by atoms with Crippen LogP contribution in [-0.2, 0) is 4.79 Å². The minimum atomic E-state index is -0.270. The molecular formula is C17H17N3O2S2. The van der Waals surface area contributed by atoms with Crippen LogP contribution in [0.5, 0.6) is 5.75 Å². The summed E-state index contributed by atoms with van der Waals surface area (Å²) in [6.07, 6.45) is 0. The van der Waals surface area contributed by atoms with Gasteiger partial charge in [0.1, 0.15) is 5.75 Å². The summed E-state index contributed by atoms with van der Waals surface area (Å²) in [6, 6.07) is 11.0. The third-order valence-electron chi connectivity index (χ3n) is 3.70. The van der Waals surface area contributed by atoms with Crippen LogP contribution < -0.4 is 20.7 Å². The van der Waals surface area contributed by atoms with Crippen LogP contribution in [0.2, 0.25) is 0 Å². The summed E-state index contributed by atoms with van der Waals surface area (Å²) in [6.45, 7) is 1.85. The van der Waals surface area contributed by atoms with Gasteiger partial charge in [-0.2, -0.15) is 0 Å². The fourth-order valence-corrected chi connectivity index (χ4v) is 3.66. The van der Waals surface area contributed by atoms with Crippen molar-refractivity contribution in [1.29, 1.82) is 0 Å². The van der Waals surface area contributed by atoms with E-state index in [1.165, 1.54) is 0 Å². The molecule has 7 heteroatoms. The number of methoxy groups -OCH3 is 1. The van der Waals surface area contributed by atoms with E-state index in [2.05, 4.69) is 16.0 Å². The van der Waals surface area contributed by atoms with Gasteiger partial charge < -0.3 is 20.7 Å². The highest BCUT2D eigenvalue weighted by Crippen LogP contribution is 2.31. The Kier molecular flexibility index (Phi) is 4.82. The number of amides is 1. The Morgan fingerprint density at radius 1 is 1.29 bits per heavy atom. The largest absolute Gasteiger partial charge is 0.495 e. The van der Waals surface area contributed by atoms with E-state index in [0.717, 1.165) is 10.6 Å². The molecule has 0 fully saturated rings. The molecule has 24 heavy (non-hydrogen) atoms. The van der Waals surface area contributed by atoms with Gasteiger partial charge in [-0.25, -0.2) is 0 Å². The van der Waals surface area contributed by atoms with Gasteiger partial charge in [0.15, 0.2) is 5.11 Å². The Bertz CT molecular complexity index is 800. The molecule has 0 radical (unpaired) electrons. The fraction of sp³-hybridized carbons (Fsp3) is 0.176. The summed E-state index contributed by atoms with van der Waals surface area (Å²) in [7, 11) is 1.58. The van der Waals surface area contributed by atoms with Crippen LogP contribution in [-0.4, -0.2) is 18.1 Å². The molecule has 0 saturated carbocycles. The van der Waals surface area contributed by atoms with Crippen molar-refractivity contribution >= 4 is 40.3 Å². The molecule has 2 aromatic rings. The Hall–Kier alpha value is -2.38. The highest BCUT2D eigenvalue weighted by molar-refractivity contribution is 7.80. The molecule has 0 aliphatic carbocycles. The summed E-state index contributed by atoms with van der Waals surface area (Å²) in [5.41, 5.74) is 1.98. The number of hydrogen-bond acceptors (Lipinski definition) is 4. The normalized spacial score (nSPS) is 17.1. The molecule has 0 spiro atoms. The van der Waals surface area contributed by atoms with Gasteiger partial charge in [-0.15, -0.1) is 11.3 Å². The molecule has 0 unspecified atom stereocenters. The number of para-hydroxylation sites is 2. The van der Waals surface area contributed by atoms with E-state index in [1.54, 1.807) is 30.6 Å². The number of thiophene rings is 1. The first-order valence-electron chi connectivity index (χ1n) is 7.36. The Labute approximate surface area is 149 Å². The average Bonchev–Trinajstić information content (AvgIpc) is 3.08. The highest BCUT2D eigenvalue weighted by Gasteiger charge is 2.30. The number of rotatable bonds is 4. The van der Waals surface area contributed by atoms with Gasteiger partial charge in [0.25, 0.3) is 5.91 Å². The number of nitrogens with one attached hydrogen (secondary N) is 3. The molecule has 3 rings (SSSR count). The Morgan fingerprint density at radius 3 is 2.79 bits per heavy atom. The smallest absolute Gasteiger partial charge is 0.255 e. The molecule has 1 amide bonds. The van der Waals surface area contributed by atoms with Crippen LogP contribution in [0.1, 0.15) is 17.8 Å². The van der Waals surface area contributed by atoms with Crippen LogP contribution in [0.15, 0.2) is 53.0 Å². The summed E-state index contributed by atoms with van der Waals surface area (Å²) in [4.78, 5) is 13.9. The predicted octanol–water partition coefficient (Wildman–Crippen LogP) is 3.19. The minimum Gasteiger partial charge on any atom is -0.495 e.